The van der Waals surface area contributed by atoms with E-state index in [2.05, 4.69) is 10.3 Å². The van der Waals surface area contributed by atoms with Gasteiger partial charge in [-0.2, -0.15) is 0 Å². The number of nitrogens with one attached hydrogen (secondary N) is 1. The van der Waals surface area contributed by atoms with E-state index in [4.69, 9.17) is 4.42 Å². The highest BCUT2D eigenvalue weighted by atomic mass is 19.1. The van der Waals surface area contributed by atoms with Crippen LogP contribution in [0.15, 0.2) is 35.2 Å². The predicted octanol–water partition coefficient (Wildman–Crippen LogP) is 2.29. The average Bonchev–Trinajstić information content (AvgIpc) is 2.76. The second kappa shape index (κ2) is 5.54. The number of oxazole rings is 1. The molecular formula is C12H12F2N2O. The molecule has 0 amide bonds. The van der Waals surface area contributed by atoms with Crippen LogP contribution >= 0.6 is 0 Å². The van der Waals surface area contributed by atoms with E-state index in [1.807, 2.05) is 0 Å². The van der Waals surface area contributed by atoms with Crippen molar-refractivity contribution in [2.45, 2.75) is 13.0 Å². The van der Waals surface area contributed by atoms with Gasteiger partial charge in [-0.3, -0.25) is 0 Å². The predicted molar refractivity (Wildman–Crippen MR) is 58.3 cm³/mol. The molecule has 3 nitrogen and oxygen atoms in total. The monoisotopic (exact) mass is 238 g/mol. The van der Waals surface area contributed by atoms with Gasteiger partial charge in [0.05, 0.1) is 12.7 Å². The molecule has 17 heavy (non-hydrogen) atoms. The first-order valence-corrected chi connectivity index (χ1v) is 5.27. The molecule has 2 rings (SSSR count). The van der Waals surface area contributed by atoms with E-state index in [1.165, 1.54) is 18.5 Å². The van der Waals surface area contributed by atoms with Gasteiger partial charge in [-0.25, -0.2) is 13.8 Å². The van der Waals surface area contributed by atoms with E-state index in [9.17, 15) is 8.78 Å². The second-order valence-electron chi connectivity index (χ2n) is 3.67. The first-order valence-electron chi connectivity index (χ1n) is 5.27. The molecule has 90 valence electrons. The van der Waals surface area contributed by atoms with E-state index in [1.54, 1.807) is 6.20 Å². The maximum Gasteiger partial charge on any atom is 0.180 e. The van der Waals surface area contributed by atoms with Gasteiger partial charge in [0.1, 0.15) is 17.4 Å². The van der Waals surface area contributed by atoms with Crippen molar-refractivity contribution in [3.05, 3.63) is 53.7 Å². The third-order valence-corrected chi connectivity index (χ3v) is 2.30. The Morgan fingerprint density at radius 1 is 1.18 bits per heavy atom. The molecule has 0 aliphatic rings. The Bertz CT molecular complexity index is 451. The van der Waals surface area contributed by atoms with Gasteiger partial charge in [0.2, 0.25) is 0 Å². The largest absolute Gasteiger partial charge is 0.447 e. The van der Waals surface area contributed by atoms with E-state index in [0.29, 0.717) is 25.1 Å². The first-order chi connectivity index (χ1) is 8.24. The van der Waals surface area contributed by atoms with Gasteiger partial charge >= 0.3 is 0 Å². The summed E-state index contributed by atoms with van der Waals surface area (Å²) in [5, 5.41) is 3.10. The molecule has 0 bridgehead atoms. The molecule has 0 saturated heterocycles. The molecule has 5 heteroatoms. The molecule has 0 aliphatic carbocycles. The van der Waals surface area contributed by atoms with E-state index < -0.39 is 11.6 Å². The summed E-state index contributed by atoms with van der Waals surface area (Å²) in [6.07, 6.45) is 3.54. The van der Waals surface area contributed by atoms with E-state index in [-0.39, 0.29) is 0 Å². The molecule has 1 heterocycles. The highest BCUT2D eigenvalue weighted by Crippen LogP contribution is 2.08. The van der Waals surface area contributed by atoms with Crippen LogP contribution in [0.25, 0.3) is 0 Å². The third kappa shape index (κ3) is 3.64. The van der Waals surface area contributed by atoms with Crippen LogP contribution in [0.4, 0.5) is 8.78 Å². The molecule has 0 fully saturated rings. The van der Waals surface area contributed by atoms with Crippen LogP contribution in [0, 0.1) is 11.6 Å². The zero-order valence-electron chi connectivity index (χ0n) is 9.12. The molecule has 0 unspecified atom stereocenters. The average molecular weight is 238 g/mol. The molecule has 0 radical (unpaired) electrons. The van der Waals surface area contributed by atoms with Gasteiger partial charge < -0.3 is 9.73 Å². The lowest BCUT2D eigenvalue weighted by molar-refractivity contribution is 0.480. The Balaban J connectivity index is 1.78. The summed E-state index contributed by atoms with van der Waals surface area (Å²) in [6.45, 7) is 1.17. The van der Waals surface area contributed by atoms with Gasteiger partial charge in [-0.05, 0) is 30.7 Å². The van der Waals surface area contributed by atoms with Crippen molar-refractivity contribution in [2.75, 3.05) is 6.54 Å². The second-order valence-corrected chi connectivity index (χ2v) is 3.67. The zero-order chi connectivity index (χ0) is 12.1. The maximum absolute atomic E-state index is 12.9. The van der Waals surface area contributed by atoms with Crippen molar-refractivity contribution in [3.63, 3.8) is 0 Å². The van der Waals surface area contributed by atoms with Crippen LogP contribution in [0.5, 0.6) is 0 Å². The molecule has 0 saturated carbocycles. The van der Waals surface area contributed by atoms with Crippen LogP contribution in [-0.2, 0) is 13.0 Å². The summed E-state index contributed by atoms with van der Waals surface area (Å²) in [6, 6.07) is 3.53. The minimum Gasteiger partial charge on any atom is -0.447 e. The minimum atomic E-state index is -0.546. The van der Waals surface area contributed by atoms with Crippen molar-refractivity contribution < 1.29 is 13.2 Å². The summed E-state index contributed by atoms with van der Waals surface area (Å²) >= 11 is 0. The van der Waals surface area contributed by atoms with Crippen molar-refractivity contribution in [1.82, 2.24) is 10.3 Å². The fourth-order valence-electron chi connectivity index (χ4n) is 1.53. The minimum absolute atomic E-state index is 0.546. The summed E-state index contributed by atoms with van der Waals surface area (Å²) in [7, 11) is 0. The summed E-state index contributed by atoms with van der Waals surface area (Å²) in [5.74, 6) is -0.360. The summed E-state index contributed by atoms with van der Waals surface area (Å²) < 4.78 is 30.8. The number of hydrogen-bond acceptors (Lipinski definition) is 3. The molecule has 0 spiro atoms. The Morgan fingerprint density at radius 2 is 1.94 bits per heavy atom. The summed E-state index contributed by atoms with van der Waals surface area (Å²) in [5.41, 5.74) is 0.632. The molecule has 0 aliphatic heterocycles. The smallest absolute Gasteiger partial charge is 0.180 e. The molecule has 1 N–H and O–H groups in total. The fourth-order valence-corrected chi connectivity index (χ4v) is 1.53. The van der Waals surface area contributed by atoms with Crippen LogP contribution in [0.2, 0.25) is 0 Å². The van der Waals surface area contributed by atoms with Gasteiger partial charge in [-0.1, -0.05) is 0 Å². The molecular weight excluding hydrogens is 226 g/mol. The Labute approximate surface area is 97.5 Å². The van der Waals surface area contributed by atoms with Crippen molar-refractivity contribution in [3.8, 4) is 0 Å². The standard InChI is InChI=1S/C12H12F2N2O/c13-10-3-9(4-11(14)5-10)1-2-15-6-12-7-16-8-17-12/h3-5,7-8,15H,1-2,6H2. The van der Waals surface area contributed by atoms with E-state index >= 15 is 0 Å². The number of benzene rings is 1. The number of nitrogens with zero attached hydrogens (tertiary/aromatic N) is 1. The van der Waals surface area contributed by atoms with E-state index in [0.717, 1.165) is 11.8 Å². The van der Waals surface area contributed by atoms with Gasteiger partial charge in [-0.15, -0.1) is 0 Å². The Hall–Kier alpha value is -1.75. The number of aromatic nitrogens is 1. The third-order valence-electron chi connectivity index (χ3n) is 2.30. The van der Waals surface area contributed by atoms with Crippen LogP contribution in [0.3, 0.4) is 0 Å². The highest BCUT2D eigenvalue weighted by molar-refractivity contribution is 5.18. The van der Waals surface area contributed by atoms with Crippen molar-refractivity contribution in [2.24, 2.45) is 0 Å². The Kier molecular flexibility index (Phi) is 3.82. The van der Waals surface area contributed by atoms with Crippen molar-refractivity contribution in [1.29, 1.82) is 0 Å². The Morgan fingerprint density at radius 3 is 2.59 bits per heavy atom. The number of hydrogen-bond donors (Lipinski definition) is 1. The van der Waals surface area contributed by atoms with Crippen LogP contribution in [-0.4, -0.2) is 11.5 Å². The first kappa shape index (κ1) is 11.7. The molecule has 0 atom stereocenters. The number of rotatable bonds is 5. The SMILES string of the molecule is Fc1cc(F)cc(CCNCc2cnco2)c1. The molecule has 1 aromatic heterocycles. The zero-order valence-corrected chi connectivity index (χ0v) is 9.12. The normalized spacial score (nSPS) is 10.7. The van der Waals surface area contributed by atoms with Gasteiger partial charge in [0.25, 0.3) is 0 Å². The van der Waals surface area contributed by atoms with Gasteiger partial charge in [0.15, 0.2) is 6.39 Å². The topological polar surface area (TPSA) is 38.1 Å². The lowest BCUT2D eigenvalue weighted by Gasteiger charge is -2.03. The lowest BCUT2D eigenvalue weighted by atomic mass is 10.1. The quantitative estimate of drug-likeness (QED) is 0.812. The summed E-state index contributed by atoms with van der Waals surface area (Å²) in [4.78, 5) is 3.78. The fraction of sp³-hybridized carbons (Fsp3) is 0.250. The van der Waals surface area contributed by atoms with Crippen LogP contribution in [0.1, 0.15) is 11.3 Å². The molecule has 1 aromatic carbocycles. The van der Waals surface area contributed by atoms with Gasteiger partial charge in [0, 0.05) is 6.07 Å². The highest BCUT2D eigenvalue weighted by Gasteiger charge is 2.01. The van der Waals surface area contributed by atoms with Crippen molar-refractivity contribution >= 4 is 0 Å². The lowest BCUT2D eigenvalue weighted by Crippen LogP contribution is -2.16. The van der Waals surface area contributed by atoms with Crippen LogP contribution < -0.4 is 5.32 Å². The maximum atomic E-state index is 12.9. The number of halogens is 2. The molecule has 2 aromatic rings.